The van der Waals surface area contributed by atoms with Crippen LogP contribution in [0.4, 0.5) is 0 Å². The molecule has 0 bridgehead atoms. The third-order valence-corrected chi connectivity index (χ3v) is 4.14. The second-order valence-corrected chi connectivity index (χ2v) is 5.31. The van der Waals surface area contributed by atoms with E-state index in [1.54, 1.807) is 0 Å². The molecule has 94 valence electrons. The van der Waals surface area contributed by atoms with Gasteiger partial charge in [-0.05, 0) is 71.4 Å². The third kappa shape index (κ3) is 3.44. The van der Waals surface area contributed by atoms with Gasteiger partial charge < -0.3 is 15.5 Å². The van der Waals surface area contributed by atoms with Crippen LogP contribution in [0.3, 0.4) is 0 Å². The summed E-state index contributed by atoms with van der Waals surface area (Å²) in [6, 6.07) is 0.884. The van der Waals surface area contributed by atoms with Gasteiger partial charge in [0, 0.05) is 6.04 Å². The Kier molecular flexibility index (Phi) is 5.07. The summed E-state index contributed by atoms with van der Waals surface area (Å²) in [5.74, 6) is 0. The first-order valence-electron chi connectivity index (χ1n) is 7.06. The number of likely N-dealkylation sites (tertiary alicyclic amines) is 2. The quantitative estimate of drug-likeness (QED) is 0.782. The van der Waals surface area contributed by atoms with Gasteiger partial charge in [-0.1, -0.05) is 6.42 Å². The molecule has 2 saturated heterocycles. The molecule has 0 aromatic carbocycles. The van der Waals surface area contributed by atoms with Gasteiger partial charge in [0.15, 0.2) is 0 Å². The Morgan fingerprint density at radius 2 is 1.62 bits per heavy atom. The molecule has 0 radical (unpaired) electrons. The highest BCUT2D eigenvalue weighted by atomic mass is 15.2. The van der Waals surface area contributed by atoms with Crippen LogP contribution in [0.5, 0.6) is 0 Å². The fourth-order valence-corrected chi connectivity index (χ4v) is 3.11. The van der Waals surface area contributed by atoms with Gasteiger partial charge in [-0.25, -0.2) is 0 Å². The van der Waals surface area contributed by atoms with E-state index in [9.17, 15) is 0 Å². The van der Waals surface area contributed by atoms with E-state index >= 15 is 0 Å². The maximum Gasteiger partial charge on any atom is 0.0120 e. The van der Waals surface area contributed by atoms with E-state index in [1.165, 1.54) is 64.8 Å². The van der Waals surface area contributed by atoms with E-state index in [0.717, 1.165) is 19.0 Å². The fourth-order valence-electron chi connectivity index (χ4n) is 3.11. The van der Waals surface area contributed by atoms with Crippen LogP contribution in [-0.2, 0) is 0 Å². The highest BCUT2D eigenvalue weighted by Gasteiger charge is 2.24. The van der Waals surface area contributed by atoms with E-state index in [1.807, 2.05) is 0 Å². The average molecular weight is 225 g/mol. The van der Waals surface area contributed by atoms with Crippen molar-refractivity contribution in [1.82, 2.24) is 9.80 Å². The lowest BCUT2D eigenvalue weighted by Gasteiger charge is -2.40. The molecule has 2 N–H and O–H groups in total. The van der Waals surface area contributed by atoms with Gasteiger partial charge in [0.05, 0.1) is 0 Å². The van der Waals surface area contributed by atoms with Gasteiger partial charge in [-0.3, -0.25) is 0 Å². The number of hydrogen-bond donors (Lipinski definition) is 1. The summed E-state index contributed by atoms with van der Waals surface area (Å²) >= 11 is 0. The molecule has 2 fully saturated rings. The van der Waals surface area contributed by atoms with E-state index in [4.69, 9.17) is 5.73 Å². The van der Waals surface area contributed by atoms with Gasteiger partial charge in [-0.2, -0.15) is 0 Å². The van der Waals surface area contributed by atoms with Crippen molar-refractivity contribution < 1.29 is 0 Å². The highest BCUT2D eigenvalue weighted by molar-refractivity contribution is 4.81. The van der Waals surface area contributed by atoms with Crippen molar-refractivity contribution >= 4 is 0 Å². The molecule has 2 aliphatic rings. The first-order valence-corrected chi connectivity index (χ1v) is 7.06. The topological polar surface area (TPSA) is 32.5 Å². The maximum absolute atomic E-state index is 5.55. The van der Waals surface area contributed by atoms with Gasteiger partial charge >= 0.3 is 0 Å². The van der Waals surface area contributed by atoms with Crippen molar-refractivity contribution in [2.45, 2.75) is 44.6 Å². The fraction of sp³-hybridized carbons (Fsp3) is 1.00. The van der Waals surface area contributed by atoms with Crippen molar-refractivity contribution in [2.24, 2.45) is 5.73 Å². The van der Waals surface area contributed by atoms with Gasteiger partial charge in [-0.15, -0.1) is 0 Å². The van der Waals surface area contributed by atoms with Crippen molar-refractivity contribution in [2.75, 3.05) is 39.3 Å². The lowest BCUT2D eigenvalue weighted by atomic mass is 10.00. The van der Waals surface area contributed by atoms with Crippen LogP contribution < -0.4 is 5.73 Å². The summed E-state index contributed by atoms with van der Waals surface area (Å²) in [6.45, 7) is 7.35. The summed E-state index contributed by atoms with van der Waals surface area (Å²) in [5, 5.41) is 0. The summed E-state index contributed by atoms with van der Waals surface area (Å²) in [4.78, 5) is 5.33. The smallest absolute Gasteiger partial charge is 0.0120 e. The largest absolute Gasteiger partial charge is 0.330 e. The second kappa shape index (κ2) is 6.58. The van der Waals surface area contributed by atoms with E-state index in [0.29, 0.717) is 0 Å². The first kappa shape index (κ1) is 12.3. The number of piperidine rings is 2. The molecule has 3 heteroatoms. The molecule has 0 aliphatic carbocycles. The van der Waals surface area contributed by atoms with E-state index in [-0.39, 0.29) is 0 Å². The monoisotopic (exact) mass is 225 g/mol. The first-order chi connectivity index (χ1) is 7.90. The Labute approximate surface area is 100.0 Å². The molecule has 0 atom stereocenters. The zero-order chi connectivity index (χ0) is 11.2. The minimum absolute atomic E-state index is 0.839. The Bertz CT molecular complexity index is 182. The SMILES string of the molecule is NCCCN1CCC(N2CCCCC2)CC1. The summed E-state index contributed by atoms with van der Waals surface area (Å²) in [7, 11) is 0. The molecular weight excluding hydrogens is 198 g/mol. The molecule has 2 heterocycles. The molecule has 0 amide bonds. The van der Waals surface area contributed by atoms with Crippen LogP contribution in [0.1, 0.15) is 38.5 Å². The van der Waals surface area contributed by atoms with Gasteiger partial charge in [0.1, 0.15) is 0 Å². The van der Waals surface area contributed by atoms with Crippen LogP contribution >= 0.6 is 0 Å². The normalized spacial score (nSPS) is 26.1. The standard InChI is InChI=1S/C13H27N3/c14-7-4-8-15-11-5-13(6-12-15)16-9-2-1-3-10-16/h13H,1-12,14H2. The van der Waals surface area contributed by atoms with Crippen LogP contribution in [-0.4, -0.2) is 55.1 Å². The Balaban J connectivity index is 1.67. The number of hydrogen-bond acceptors (Lipinski definition) is 3. The maximum atomic E-state index is 5.55. The van der Waals surface area contributed by atoms with E-state index in [2.05, 4.69) is 9.80 Å². The summed E-state index contributed by atoms with van der Waals surface area (Å²) in [6.07, 6.45) is 8.22. The Morgan fingerprint density at radius 1 is 0.938 bits per heavy atom. The van der Waals surface area contributed by atoms with Crippen molar-refractivity contribution in [3.8, 4) is 0 Å². The molecule has 0 spiro atoms. The average Bonchev–Trinajstić information content (AvgIpc) is 2.38. The number of nitrogens with zero attached hydrogens (tertiary/aromatic N) is 2. The van der Waals surface area contributed by atoms with Crippen LogP contribution in [0.25, 0.3) is 0 Å². The molecule has 0 aromatic heterocycles. The summed E-state index contributed by atoms with van der Waals surface area (Å²) in [5.41, 5.74) is 5.55. The molecular formula is C13H27N3. The van der Waals surface area contributed by atoms with Crippen LogP contribution in [0, 0.1) is 0 Å². The summed E-state index contributed by atoms with van der Waals surface area (Å²) < 4.78 is 0. The molecule has 0 aromatic rings. The van der Waals surface area contributed by atoms with Gasteiger partial charge in [0.25, 0.3) is 0 Å². The van der Waals surface area contributed by atoms with Crippen LogP contribution in [0.15, 0.2) is 0 Å². The number of nitrogens with two attached hydrogens (primary N) is 1. The molecule has 16 heavy (non-hydrogen) atoms. The third-order valence-electron chi connectivity index (χ3n) is 4.14. The lowest BCUT2D eigenvalue weighted by molar-refractivity contribution is 0.0924. The number of rotatable bonds is 4. The Morgan fingerprint density at radius 3 is 2.25 bits per heavy atom. The van der Waals surface area contributed by atoms with E-state index < -0.39 is 0 Å². The van der Waals surface area contributed by atoms with Crippen LogP contribution in [0.2, 0.25) is 0 Å². The van der Waals surface area contributed by atoms with Gasteiger partial charge in [0.2, 0.25) is 0 Å². The molecule has 2 aliphatic heterocycles. The molecule has 3 nitrogen and oxygen atoms in total. The molecule has 2 rings (SSSR count). The zero-order valence-corrected chi connectivity index (χ0v) is 10.5. The second-order valence-electron chi connectivity index (χ2n) is 5.31. The molecule has 0 saturated carbocycles. The predicted octanol–water partition coefficient (Wildman–Crippen LogP) is 1.29. The minimum Gasteiger partial charge on any atom is -0.330 e. The van der Waals surface area contributed by atoms with Crippen molar-refractivity contribution in [1.29, 1.82) is 0 Å². The predicted molar refractivity (Wildman–Crippen MR) is 68.6 cm³/mol. The minimum atomic E-state index is 0.839. The van der Waals surface area contributed by atoms with Crippen molar-refractivity contribution in [3.05, 3.63) is 0 Å². The highest BCUT2D eigenvalue weighted by Crippen LogP contribution is 2.20. The Hall–Kier alpha value is -0.120. The molecule has 0 unspecified atom stereocenters. The zero-order valence-electron chi connectivity index (χ0n) is 10.5. The van der Waals surface area contributed by atoms with Crippen molar-refractivity contribution in [3.63, 3.8) is 0 Å². The lowest BCUT2D eigenvalue weighted by Crippen LogP contribution is -2.46.